The standard InChI is InChI=1S/C40H26N8/c1-2-12-27(13-3-1)28-16-8-21-35(43-28)38-26-39(48-40(47-38)37-23-11-18-32(46-37)30-15-5-7-25-42-30)36-22-10-20-34(45-36)33-19-9-17-31(44-33)29-14-4-6-24-41-29/h1-26H. The molecule has 0 unspecified atom stereocenters. The Bertz CT molecular complexity index is 2250. The largest absolute Gasteiger partial charge is 0.255 e. The molecule has 0 saturated carbocycles. The number of nitrogens with zero attached hydrogens (tertiary/aromatic N) is 8. The molecule has 8 rings (SSSR count). The summed E-state index contributed by atoms with van der Waals surface area (Å²) in [6, 6.07) is 47.0. The molecule has 0 fully saturated rings. The van der Waals surface area contributed by atoms with Crippen molar-refractivity contribution in [3.05, 3.63) is 158 Å². The fourth-order valence-corrected chi connectivity index (χ4v) is 5.34. The van der Waals surface area contributed by atoms with Gasteiger partial charge in [0, 0.05) is 18.0 Å². The zero-order valence-corrected chi connectivity index (χ0v) is 25.6. The summed E-state index contributed by atoms with van der Waals surface area (Å²) in [4.78, 5) is 38.7. The van der Waals surface area contributed by atoms with E-state index in [9.17, 15) is 0 Å². The van der Waals surface area contributed by atoms with Crippen molar-refractivity contribution in [1.82, 2.24) is 39.9 Å². The molecule has 0 atom stereocenters. The van der Waals surface area contributed by atoms with E-state index in [2.05, 4.69) is 9.97 Å². The van der Waals surface area contributed by atoms with Gasteiger partial charge in [-0.25, -0.2) is 29.9 Å². The summed E-state index contributed by atoms with van der Waals surface area (Å²) in [7, 11) is 0. The highest BCUT2D eigenvalue weighted by molar-refractivity contribution is 5.72. The Hall–Kier alpha value is -6.80. The first-order chi connectivity index (χ1) is 23.8. The molecule has 0 aliphatic carbocycles. The zero-order valence-electron chi connectivity index (χ0n) is 25.6. The Morgan fingerprint density at radius 1 is 0.250 bits per heavy atom. The molecule has 0 aliphatic rings. The summed E-state index contributed by atoms with van der Waals surface area (Å²) in [5.41, 5.74) is 9.67. The minimum Gasteiger partial charge on any atom is -0.255 e. The van der Waals surface area contributed by atoms with E-state index in [1.807, 2.05) is 146 Å². The van der Waals surface area contributed by atoms with E-state index in [-0.39, 0.29) is 0 Å². The predicted molar refractivity (Wildman–Crippen MR) is 187 cm³/mol. The lowest BCUT2D eigenvalue weighted by Gasteiger charge is -2.11. The number of aromatic nitrogens is 8. The van der Waals surface area contributed by atoms with Gasteiger partial charge < -0.3 is 0 Å². The molecule has 226 valence electrons. The van der Waals surface area contributed by atoms with Crippen molar-refractivity contribution in [3.63, 3.8) is 0 Å². The molecule has 0 radical (unpaired) electrons. The van der Waals surface area contributed by atoms with E-state index >= 15 is 0 Å². The van der Waals surface area contributed by atoms with Gasteiger partial charge in [-0.1, -0.05) is 66.7 Å². The van der Waals surface area contributed by atoms with Gasteiger partial charge in [0.15, 0.2) is 5.82 Å². The Labute approximate surface area is 277 Å². The number of hydrogen-bond acceptors (Lipinski definition) is 8. The predicted octanol–water partition coefficient (Wildman–Crippen LogP) is 8.52. The molecule has 48 heavy (non-hydrogen) atoms. The van der Waals surface area contributed by atoms with Crippen LogP contribution in [0.25, 0.3) is 79.7 Å². The van der Waals surface area contributed by atoms with Crippen LogP contribution in [0.5, 0.6) is 0 Å². The zero-order chi connectivity index (χ0) is 32.1. The molecule has 0 bridgehead atoms. The van der Waals surface area contributed by atoms with Crippen molar-refractivity contribution in [2.45, 2.75) is 0 Å². The third-order valence-electron chi connectivity index (χ3n) is 7.66. The quantitative estimate of drug-likeness (QED) is 0.175. The molecule has 8 nitrogen and oxygen atoms in total. The molecular formula is C40H26N8. The van der Waals surface area contributed by atoms with Gasteiger partial charge in [0.05, 0.1) is 62.6 Å². The van der Waals surface area contributed by atoms with Gasteiger partial charge >= 0.3 is 0 Å². The summed E-state index contributed by atoms with van der Waals surface area (Å²) in [6.45, 7) is 0. The third kappa shape index (κ3) is 6.05. The molecule has 7 heterocycles. The molecule has 8 heteroatoms. The Kier molecular flexibility index (Phi) is 7.70. The monoisotopic (exact) mass is 618 g/mol. The van der Waals surface area contributed by atoms with Crippen LogP contribution in [0.2, 0.25) is 0 Å². The lowest BCUT2D eigenvalue weighted by Crippen LogP contribution is -2.01. The van der Waals surface area contributed by atoms with Crippen LogP contribution < -0.4 is 0 Å². The lowest BCUT2D eigenvalue weighted by molar-refractivity contribution is 1.12. The van der Waals surface area contributed by atoms with Crippen LogP contribution in [0.4, 0.5) is 0 Å². The highest BCUT2D eigenvalue weighted by Gasteiger charge is 2.16. The van der Waals surface area contributed by atoms with Crippen LogP contribution in [0, 0.1) is 0 Å². The van der Waals surface area contributed by atoms with E-state index in [4.69, 9.17) is 29.9 Å². The van der Waals surface area contributed by atoms with Crippen molar-refractivity contribution in [3.8, 4) is 79.7 Å². The van der Waals surface area contributed by atoms with Crippen molar-refractivity contribution < 1.29 is 0 Å². The van der Waals surface area contributed by atoms with Crippen LogP contribution in [0.1, 0.15) is 0 Å². The van der Waals surface area contributed by atoms with E-state index in [0.717, 1.165) is 39.7 Å². The van der Waals surface area contributed by atoms with Crippen LogP contribution >= 0.6 is 0 Å². The minimum atomic E-state index is 0.453. The van der Waals surface area contributed by atoms with Gasteiger partial charge in [-0.15, -0.1) is 0 Å². The molecule has 0 spiro atoms. The summed E-state index contributed by atoms with van der Waals surface area (Å²) in [5.74, 6) is 0.453. The second-order valence-electron chi connectivity index (χ2n) is 10.9. The van der Waals surface area contributed by atoms with Gasteiger partial charge in [0.1, 0.15) is 5.69 Å². The summed E-state index contributed by atoms with van der Waals surface area (Å²) >= 11 is 0. The van der Waals surface area contributed by atoms with Crippen LogP contribution in [0.3, 0.4) is 0 Å². The van der Waals surface area contributed by atoms with Crippen molar-refractivity contribution >= 4 is 0 Å². The normalized spacial score (nSPS) is 10.9. The number of pyridine rings is 6. The second-order valence-corrected chi connectivity index (χ2v) is 10.9. The smallest absolute Gasteiger partial charge is 0.179 e. The van der Waals surface area contributed by atoms with Crippen molar-refractivity contribution in [2.75, 3.05) is 0 Å². The maximum Gasteiger partial charge on any atom is 0.179 e. The van der Waals surface area contributed by atoms with Crippen LogP contribution in [-0.2, 0) is 0 Å². The fourth-order valence-electron chi connectivity index (χ4n) is 5.34. The molecule has 0 amide bonds. The molecule has 1 aromatic carbocycles. The molecule has 0 saturated heterocycles. The first-order valence-electron chi connectivity index (χ1n) is 15.4. The number of hydrogen-bond donors (Lipinski definition) is 0. The van der Waals surface area contributed by atoms with Gasteiger partial charge in [-0.2, -0.15) is 0 Å². The molecule has 0 aliphatic heterocycles. The number of benzene rings is 1. The number of rotatable bonds is 7. The van der Waals surface area contributed by atoms with Crippen LogP contribution in [-0.4, -0.2) is 39.9 Å². The molecular weight excluding hydrogens is 592 g/mol. The maximum absolute atomic E-state index is 5.02. The van der Waals surface area contributed by atoms with Gasteiger partial charge in [0.25, 0.3) is 0 Å². The van der Waals surface area contributed by atoms with Crippen molar-refractivity contribution in [1.29, 1.82) is 0 Å². The van der Waals surface area contributed by atoms with E-state index in [0.29, 0.717) is 40.0 Å². The molecule has 0 N–H and O–H groups in total. The van der Waals surface area contributed by atoms with Gasteiger partial charge in [0.2, 0.25) is 0 Å². The van der Waals surface area contributed by atoms with Crippen molar-refractivity contribution in [2.24, 2.45) is 0 Å². The summed E-state index contributed by atoms with van der Waals surface area (Å²) < 4.78 is 0. The minimum absolute atomic E-state index is 0.453. The molecule has 7 aromatic heterocycles. The van der Waals surface area contributed by atoms with E-state index < -0.39 is 0 Å². The van der Waals surface area contributed by atoms with E-state index in [1.54, 1.807) is 12.4 Å². The van der Waals surface area contributed by atoms with Gasteiger partial charge in [-0.05, 0) is 78.9 Å². The average molecular weight is 619 g/mol. The Morgan fingerprint density at radius 2 is 0.625 bits per heavy atom. The first kappa shape index (κ1) is 28.7. The first-order valence-corrected chi connectivity index (χ1v) is 15.4. The maximum atomic E-state index is 5.02. The van der Waals surface area contributed by atoms with Crippen LogP contribution in [0.15, 0.2) is 158 Å². The van der Waals surface area contributed by atoms with Gasteiger partial charge in [-0.3, -0.25) is 9.97 Å². The molecule has 8 aromatic rings. The Balaban J connectivity index is 1.25. The SMILES string of the molecule is c1ccc(-c2cccc(-c3cc(-c4cccc(-c5cccc(-c6ccccn6)n5)n4)nc(-c4cccc(-c5ccccn5)n4)n3)n2)cc1. The summed E-state index contributed by atoms with van der Waals surface area (Å²) in [6.07, 6.45) is 3.52. The highest BCUT2D eigenvalue weighted by Crippen LogP contribution is 2.29. The topological polar surface area (TPSA) is 103 Å². The Morgan fingerprint density at radius 3 is 1.12 bits per heavy atom. The third-order valence-corrected chi connectivity index (χ3v) is 7.66. The van der Waals surface area contributed by atoms with E-state index in [1.165, 1.54) is 0 Å². The fraction of sp³-hybridized carbons (Fsp3) is 0. The second kappa shape index (κ2) is 12.9. The summed E-state index contributed by atoms with van der Waals surface area (Å²) in [5, 5.41) is 0. The highest BCUT2D eigenvalue weighted by atomic mass is 15.0. The average Bonchev–Trinajstić information content (AvgIpc) is 3.19. The lowest BCUT2D eigenvalue weighted by atomic mass is 10.1.